The lowest BCUT2D eigenvalue weighted by atomic mass is 10.1. The van der Waals surface area contributed by atoms with Crippen LogP contribution in [0, 0.1) is 0 Å². The van der Waals surface area contributed by atoms with E-state index in [4.69, 9.17) is 26.2 Å². The van der Waals surface area contributed by atoms with E-state index in [1.807, 2.05) is 26.0 Å². The van der Waals surface area contributed by atoms with Gasteiger partial charge in [-0.05, 0) is 49.6 Å². The molecule has 0 amide bonds. The number of aliphatic hydroxyl groups excluding tert-OH is 1. The van der Waals surface area contributed by atoms with Crippen molar-refractivity contribution in [1.29, 1.82) is 0 Å². The normalized spacial score (nSPS) is 10.7. The van der Waals surface area contributed by atoms with Crippen LogP contribution in [-0.4, -0.2) is 32.8 Å². The van der Waals surface area contributed by atoms with Gasteiger partial charge in [0.05, 0.1) is 6.10 Å². The van der Waals surface area contributed by atoms with Gasteiger partial charge in [0.15, 0.2) is 0 Å². The number of halogens is 1. The Balaban J connectivity index is 2.12. The van der Waals surface area contributed by atoms with Crippen molar-refractivity contribution in [3.63, 3.8) is 0 Å². The number of aliphatic hydroxyl groups is 1. The van der Waals surface area contributed by atoms with Gasteiger partial charge < -0.3 is 14.6 Å². The van der Waals surface area contributed by atoms with E-state index in [-0.39, 0.29) is 30.0 Å². The Morgan fingerprint density at radius 1 is 1.10 bits per heavy atom. The first-order valence-corrected chi connectivity index (χ1v) is 6.90. The molecule has 112 valence electrons. The summed E-state index contributed by atoms with van der Waals surface area (Å²) in [7, 11) is 0. The van der Waals surface area contributed by atoms with Crippen molar-refractivity contribution in [2.75, 3.05) is 6.61 Å². The first-order valence-electron chi connectivity index (χ1n) is 6.52. The van der Waals surface area contributed by atoms with Crippen molar-refractivity contribution in [1.82, 2.24) is 15.0 Å². The molecule has 7 heteroatoms. The first kappa shape index (κ1) is 15.5. The Bertz CT molecular complexity index is 591. The van der Waals surface area contributed by atoms with Crippen LogP contribution in [0.25, 0.3) is 0 Å². The zero-order valence-electron chi connectivity index (χ0n) is 11.8. The Morgan fingerprint density at radius 2 is 1.76 bits per heavy atom. The van der Waals surface area contributed by atoms with Crippen molar-refractivity contribution in [2.45, 2.75) is 26.4 Å². The third kappa shape index (κ3) is 4.84. The van der Waals surface area contributed by atoms with Gasteiger partial charge >= 0.3 is 12.0 Å². The minimum absolute atomic E-state index is 0.00699. The van der Waals surface area contributed by atoms with Crippen LogP contribution < -0.4 is 9.47 Å². The van der Waals surface area contributed by atoms with E-state index in [2.05, 4.69) is 15.0 Å². The number of nitrogens with zero attached hydrogens (tertiary/aromatic N) is 3. The van der Waals surface area contributed by atoms with Gasteiger partial charge in [0.1, 0.15) is 5.75 Å². The van der Waals surface area contributed by atoms with Crippen molar-refractivity contribution in [2.24, 2.45) is 0 Å². The lowest BCUT2D eigenvalue weighted by molar-refractivity contribution is 0.218. The van der Waals surface area contributed by atoms with Gasteiger partial charge in [0, 0.05) is 6.61 Å². The van der Waals surface area contributed by atoms with Crippen LogP contribution in [0.4, 0.5) is 0 Å². The summed E-state index contributed by atoms with van der Waals surface area (Å²) in [6.45, 7) is 3.83. The lowest BCUT2D eigenvalue weighted by Gasteiger charge is -2.09. The molecular formula is C14H16ClN3O3. The maximum Gasteiger partial charge on any atom is 0.329 e. The van der Waals surface area contributed by atoms with Crippen molar-refractivity contribution >= 4 is 11.6 Å². The number of aromatic nitrogens is 3. The molecule has 0 unspecified atom stereocenters. The Morgan fingerprint density at radius 3 is 2.38 bits per heavy atom. The molecule has 21 heavy (non-hydrogen) atoms. The summed E-state index contributed by atoms with van der Waals surface area (Å²) in [6, 6.07) is 7.45. The molecule has 2 aromatic rings. The Hall–Kier alpha value is -1.92. The SMILES string of the molecule is CC(C)Oc1nc(Cl)nc(Oc2ccc(CCO)cc2)n1. The van der Waals surface area contributed by atoms with Gasteiger partial charge in [-0.15, -0.1) is 4.98 Å². The fourth-order valence-corrected chi connectivity index (χ4v) is 1.73. The van der Waals surface area contributed by atoms with E-state index in [1.165, 1.54) is 0 Å². The molecule has 2 rings (SSSR count). The molecule has 0 bridgehead atoms. The van der Waals surface area contributed by atoms with E-state index in [0.29, 0.717) is 12.2 Å². The highest BCUT2D eigenvalue weighted by Crippen LogP contribution is 2.21. The number of hydrogen-bond donors (Lipinski definition) is 1. The standard InChI is InChI=1S/C14H16ClN3O3/c1-9(2)20-13-16-12(15)17-14(18-13)21-11-5-3-10(4-6-11)7-8-19/h3-6,9,19H,7-8H2,1-2H3. The van der Waals surface area contributed by atoms with Crippen LogP contribution in [0.2, 0.25) is 5.28 Å². The van der Waals surface area contributed by atoms with Gasteiger partial charge in [0.25, 0.3) is 0 Å². The zero-order chi connectivity index (χ0) is 15.2. The minimum Gasteiger partial charge on any atom is -0.461 e. The summed E-state index contributed by atoms with van der Waals surface area (Å²) in [5, 5.41) is 8.88. The maximum absolute atomic E-state index is 8.87. The summed E-state index contributed by atoms with van der Waals surface area (Å²) in [5.74, 6) is 0.564. The number of ether oxygens (including phenoxy) is 2. The molecular weight excluding hydrogens is 294 g/mol. The molecule has 0 radical (unpaired) electrons. The van der Waals surface area contributed by atoms with Crippen LogP contribution in [-0.2, 0) is 6.42 Å². The zero-order valence-corrected chi connectivity index (χ0v) is 12.5. The van der Waals surface area contributed by atoms with Crippen molar-refractivity contribution in [3.05, 3.63) is 35.1 Å². The molecule has 0 aliphatic heterocycles. The average Bonchev–Trinajstić information content (AvgIpc) is 2.40. The minimum atomic E-state index is -0.0749. The van der Waals surface area contributed by atoms with Crippen LogP contribution in [0.15, 0.2) is 24.3 Å². The second-order valence-electron chi connectivity index (χ2n) is 4.56. The number of rotatable bonds is 6. The largest absolute Gasteiger partial charge is 0.461 e. The molecule has 0 aliphatic carbocycles. The predicted octanol–water partition coefficient (Wildman–Crippen LogP) is 2.64. The summed E-state index contributed by atoms with van der Waals surface area (Å²) < 4.78 is 10.9. The molecule has 0 spiro atoms. The van der Waals surface area contributed by atoms with Gasteiger partial charge in [-0.2, -0.15) is 9.97 Å². The smallest absolute Gasteiger partial charge is 0.329 e. The van der Waals surface area contributed by atoms with Crippen LogP contribution in [0.3, 0.4) is 0 Å². The van der Waals surface area contributed by atoms with Gasteiger partial charge in [-0.1, -0.05) is 12.1 Å². The lowest BCUT2D eigenvalue weighted by Crippen LogP contribution is -2.09. The third-order valence-electron chi connectivity index (χ3n) is 2.44. The highest BCUT2D eigenvalue weighted by Gasteiger charge is 2.09. The second-order valence-corrected chi connectivity index (χ2v) is 4.89. The highest BCUT2D eigenvalue weighted by atomic mass is 35.5. The van der Waals surface area contributed by atoms with E-state index in [9.17, 15) is 0 Å². The van der Waals surface area contributed by atoms with E-state index in [1.54, 1.807) is 12.1 Å². The van der Waals surface area contributed by atoms with Crippen molar-refractivity contribution in [3.8, 4) is 17.8 Å². The van der Waals surface area contributed by atoms with E-state index < -0.39 is 0 Å². The molecule has 1 aromatic carbocycles. The molecule has 0 atom stereocenters. The van der Waals surface area contributed by atoms with Gasteiger partial charge in [0.2, 0.25) is 5.28 Å². The summed E-state index contributed by atoms with van der Waals surface area (Å²) >= 11 is 5.82. The van der Waals surface area contributed by atoms with E-state index >= 15 is 0 Å². The Kier molecular flexibility index (Phi) is 5.30. The number of hydrogen-bond acceptors (Lipinski definition) is 6. The molecule has 1 heterocycles. The topological polar surface area (TPSA) is 77.4 Å². The van der Waals surface area contributed by atoms with Gasteiger partial charge in [-0.3, -0.25) is 0 Å². The molecule has 6 nitrogen and oxygen atoms in total. The predicted molar refractivity (Wildman–Crippen MR) is 77.9 cm³/mol. The molecule has 0 saturated heterocycles. The molecule has 0 fully saturated rings. The summed E-state index contributed by atoms with van der Waals surface area (Å²) in [4.78, 5) is 11.8. The average molecular weight is 310 g/mol. The van der Waals surface area contributed by atoms with Crippen molar-refractivity contribution < 1.29 is 14.6 Å². The molecule has 1 aromatic heterocycles. The quantitative estimate of drug-likeness (QED) is 0.884. The van der Waals surface area contributed by atoms with Crippen LogP contribution >= 0.6 is 11.6 Å². The first-order chi connectivity index (χ1) is 10.1. The highest BCUT2D eigenvalue weighted by molar-refractivity contribution is 6.28. The van der Waals surface area contributed by atoms with Crippen LogP contribution in [0.1, 0.15) is 19.4 Å². The second kappa shape index (κ2) is 7.19. The van der Waals surface area contributed by atoms with E-state index in [0.717, 1.165) is 5.56 Å². The maximum atomic E-state index is 8.87. The number of benzene rings is 1. The summed E-state index contributed by atoms with van der Waals surface area (Å²) in [5.41, 5.74) is 1.02. The fraction of sp³-hybridized carbons (Fsp3) is 0.357. The van der Waals surface area contributed by atoms with Crippen LogP contribution in [0.5, 0.6) is 17.8 Å². The summed E-state index contributed by atoms with van der Waals surface area (Å²) in [6.07, 6.45) is 0.527. The molecule has 0 saturated carbocycles. The third-order valence-corrected chi connectivity index (χ3v) is 2.61. The molecule has 0 aliphatic rings. The van der Waals surface area contributed by atoms with Gasteiger partial charge in [-0.25, -0.2) is 0 Å². The molecule has 1 N–H and O–H groups in total. The Labute approximate surface area is 127 Å². The fourth-order valence-electron chi connectivity index (χ4n) is 1.58. The monoisotopic (exact) mass is 309 g/mol.